The lowest BCUT2D eigenvalue weighted by Gasteiger charge is -2.08. The summed E-state index contributed by atoms with van der Waals surface area (Å²) in [6, 6.07) is 0. The van der Waals surface area contributed by atoms with Crippen molar-refractivity contribution in [2.45, 2.75) is 18.1 Å². The van der Waals surface area contributed by atoms with Crippen LogP contribution in [-0.4, -0.2) is 33.6 Å². The minimum atomic E-state index is -0.662. The van der Waals surface area contributed by atoms with Crippen LogP contribution in [-0.2, 0) is 4.79 Å². The third-order valence-electron chi connectivity index (χ3n) is 1.49. The Hall–Kier alpha value is 0.170. The van der Waals surface area contributed by atoms with Crippen molar-refractivity contribution in [2.24, 2.45) is 0 Å². The smallest absolute Gasteiger partial charge is 0.304 e. The highest BCUT2D eigenvalue weighted by molar-refractivity contribution is 8.04. The van der Waals surface area contributed by atoms with Gasteiger partial charge in [-0.05, 0) is 17.9 Å². The van der Waals surface area contributed by atoms with Gasteiger partial charge in [-0.3, -0.25) is 4.79 Å². The van der Waals surface area contributed by atoms with Crippen molar-refractivity contribution in [1.82, 2.24) is 0 Å². The zero-order valence-electron chi connectivity index (χ0n) is 6.28. The molecule has 0 bridgehead atoms. The Kier molecular flexibility index (Phi) is 4.15. The van der Waals surface area contributed by atoms with E-state index in [2.05, 4.69) is 0 Å². The molecular weight excluding hydrogens is 180 g/mol. The van der Waals surface area contributed by atoms with Gasteiger partial charge < -0.3 is 5.11 Å². The van der Waals surface area contributed by atoms with Crippen LogP contribution in [0.1, 0.15) is 12.8 Å². The number of hydrogen-bond acceptors (Lipinski definition) is 3. The van der Waals surface area contributed by atoms with Gasteiger partial charge in [0.1, 0.15) is 0 Å². The predicted molar refractivity (Wildman–Crippen MR) is 50.4 cm³/mol. The molecule has 0 aromatic heterocycles. The molecule has 0 radical (unpaired) electrons. The molecule has 1 aliphatic rings. The highest BCUT2D eigenvalue weighted by atomic mass is 32.2. The van der Waals surface area contributed by atoms with E-state index in [0.717, 1.165) is 11.5 Å². The van der Waals surface area contributed by atoms with Gasteiger partial charge in [-0.2, -0.15) is 23.5 Å². The molecule has 4 heteroatoms. The number of aliphatic carboxylic acids is 1. The van der Waals surface area contributed by atoms with Crippen molar-refractivity contribution >= 4 is 29.5 Å². The monoisotopic (exact) mass is 192 g/mol. The van der Waals surface area contributed by atoms with Gasteiger partial charge in [0.2, 0.25) is 0 Å². The van der Waals surface area contributed by atoms with Crippen LogP contribution in [0, 0.1) is 0 Å². The Bertz CT molecular complexity index is 130. The number of carboxylic acids is 1. The molecule has 1 unspecified atom stereocenters. The van der Waals surface area contributed by atoms with Crippen LogP contribution in [0.25, 0.3) is 0 Å². The molecule has 64 valence electrons. The summed E-state index contributed by atoms with van der Waals surface area (Å²) < 4.78 is 0. The molecule has 1 saturated heterocycles. The van der Waals surface area contributed by atoms with E-state index in [1.54, 1.807) is 0 Å². The maximum Gasteiger partial charge on any atom is 0.304 e. The highest BCUT2D eigenvalue weighted by Gasteiger charge is 2.15. The maximum atomic E-state index is 10.4. The zero-order chi connectivity index (χ0) is 8.10. The molecule has 11 heavy (non-hydrogen) atoms. The topological polar surface area (TPSA) is 37.3 Å². The molecule has 1 fully saturated rings. The van der Waals surface area contributed by atoms with Crippen LogP contribution >= 0.6 is 23.5 Å². The van der Waals surface area contributed by atoms with Gasteiger partial charge in [0.25, 0.3) is 0 Å². The Labute approximate surface area is 75.1 Å². The van der Waals surface area contributed by atoms with Crippen molar-refractivity contribution in [3.05, 3.63) is 0 Å². The fourth-order valence-electron chi connectivity index (χ4n) is 0.986. The lowest BCUT2D eigenvalue weighted by Crippen LogP contribution is -2.11. The van der Waals surface area contributed by atoms with Gasteiger partial charge in [0.15, 0.2) is 0 Å². The van der Waals surface area contributed by atoms with Gasteiger partial charge >= 0.3 is 5.97 Å². The van der Waals surface area contributed by atoms with Crippen LogP contribution in [0.5, 0.6) is 0 Å². The molecule has 0 saturated carbocycles. The summed E-state index contributed by atoms with van der Waals surface area (Å²) in [6.45, 7) is 0. The molecule has 0 aliphatic carbocycles. The van der Waals surface area contributed by atoms with Crippen LogP contribution in [0.15, 0.2) is 0 Å². The first kappa shape index (κ1) is 9.26. The Morgan fingerprint density at radius 1 is 1.55 bits per heavy atom. The first-order chi connectivity index (χ1) is 5.29. The third-order valence-corrected chi connectivity index (χ3v) is 4.25. The number of carboxylic acid groups (broad SMARTS) is 1. The zero-order valence-corrected chi connectivity index (χ0v) is 7.92. The molecule has 0 spiro atoms. The predicted octanol–water partition coefficient (Wildman–Crippen LogP) is 1.70. The number of hydrogen-bond donors (Lipinski definition) is 1. The molecule has 2 nitrogen and oxygen atoms in total. The Balaban J connectivity index is 2.25. The van der Waals surface area contributed by atoms with Crippen LogP contribution in [0.4, 0.5) is 0 Å². The van der Waals surface area contributed by atoms with Crippen molar-refractivity contribution in [3.63, 3.8) is 0 Å². The fraction of sp³-hybridized carbons (Fsp3) is 0.857. The average molecular weight is 192 g/mol. The first-order valence-electron chi connectivity index (χ1n) is 3.70. The van der Waals surface area contributed by atoms with Gasteiger partial charge in [-0.25, -0.2) is 0 Å². The van der Waals surface area contributed by atoms with Gasteiger partial charge in [-0.15, -0.1) is 0 Å². The summed E-state index contributed by atoms with van der Waals surface area (Å²) >= 11 is 3.69. The molecule has 1 N–H and O–H groups in total. The summed E-state index contributed by atoms with van der Waals surface area (Å²) in [5.41, 5.74) is 0. The summed E-state index contributed by atoms with van der Waals surface area (Å²) in [5.74, 6) is 2.68. The second-order valence-corrected chi connectivity index (χ2v) is 5.08. The fourth-order valence-corrected chi connectivity index (χ4v) is 3.64. The SMILES string of the molecule is O=C(O)CC1CSCCCS1. The molecule has 0 aromatic rings. The van der Waals surface area contributed by atoms with Crippen molar-refractivity contribution < 1.29 is 9.90 Å². The van der Waals surface area contributed by atoms with E-state index in [-0.39, 0.29) is 0 Å². The van der Waals surface area contributed by atoms with E-state index in [1.165, 1.54) is 12.2 Å². The van der Waals surface area contributed by atoms with Crippen LogP contribution < -0.4 is 0 Å². The number of rotatable bonds is 2. The molecular formula is C7H12O2S2. The molecule has 0 aromatic carbocycles. The molecule has 1 heterocycles. The van der Waals surface area contributed by atoms with Crippen molar-refractivity contribution in [2.75, 3.05) is 17.3 Å². The van der Waals surface area contributed by atoms with E-state index < -0.39 is 5.97 Å². The number of carbonyl (C=O) groups is 1. The normalized spacial score (nSPS) is 26.0. The van der Waals surface area contributed by atoms with E-state index in [1.807, 2.05) is 23.5 Å². The van der Waals surface area contributed by atoms with Crippen molar-refractivity contribution in [1.29, 1.82) is 0 Å². The molecule has 0 amide bonds. The first-order valence-corrected chi connectivity index (χ1v) is 5.90. The highest BCUT2D eigenvalue weighted by Crippen LogP contribution is 2.25. The summed E-state index contributed by atoms with van der Waals surface area (Å²) in [4.78, 5) is 10.4. The van der Waals surface area contributed by atoms with Crippen LogP contribution in [0.3, 0.4) is 0 Å². The van der Waals surface area contributed by atoms with E-state index in [4.69, 9.17) is 5.11 Å². The summed E-state index contributed by atoms with van der Waals surface area (Å²) in [6.07, 6.45) is 1.56. The van der Waals surface area contributed by atoms with E-state index in [0.29, 0.717) is 11.7 Å². The van der Waals surface area contributed by atoms with Crippen molar-refractivity contribution in [3.8, 4) is 0 Å². The lowest BCUT2D eigenvalue weighted by atomic mass is 10.3. The second kappa shape index (κ2) is 4.93. The molecule has 1 rings (SSSR count). The quantitative estimate of drug-likeness (QED) is 0.722. The largest absolute Gasteiger partial charge is 0.481 e. The van der Waals surface area contributed by atoms with Gasteiger partial charge in [0, 0.05) is 11.0 Å². The standard InChI is InChI=1S/C7H12O2S2/c8-7(9)4-6-5-10-2-1-3-11-6/h6H,1-5H2,(H,8,9). The second-order valence-electron chi connectivity index (χ2n) is 2.52. The van der Waals surface area contributed by atoms with Gasteiger partial charge in [-0.1, -0.05) is 0 Å². The summed E-state index contributed by atoms with van der Waals surface area (Å²) in [5, 5.41) is 8.88. The minimum Gasteiger partial charge on any atom is -0.481 e. The molecule has 1 aliphatic heterocycles. The lowest BCUT2D eigenvalue weighted by molar-refractivity contribution is -0.136. The molecule has 1 atom stereocenters. The number of thioether (sulfide) groups is 2. The summed E-state index contributed by atoms with van der Waals surface area (Å²) in [7, 11) is 0. The Morgan fingerprint density at radius 2 is 2.36 bits per heavy atom. The van der Waals surface area contributed by atoms with E-state index in [9.17, 15) is 4.79 Å². The minimum absolute atomic E-state index is 0.331. The third kappa shape index (κ3) is 3.91. The average Bonchev–Trinajstić information content (AvgIpc) is 2.14. The van der Waals surface area contributed by atoms with Crippen LogP contribution in [0.2, 0.25) is 0 Å². The van der Waals surface area contributed by atoms with Gasteiger partial charge in [0.05, 0.1) is 6.42 Å². The Morgan fingerprint density at radius 3 is 3.09 bits per heavy atom. The maximum absolute atomic E-state index is 10.4. The van der Waals surface area contributed by atoms with E-state index >= 15 is 0 Å².